The monoisotopic (exact) mass is 893 g/mol. The van der Waals surface area contributed by atoms with Crippen molar-refractivity contribution in [2.75, 3.05) is 26.7 Å². The molecule has 5 rings (SSSR count). The van der Waals surface area contributed by atoms with Crippen LogP contribution in [0.1, 0.15) is 30.4 Å². The van der Waals surface area contributed by atoms with Crippen LogP contribution in [0.15, 0.2) is 72.6 Å². The number of β-amino-alcohol motifs (C(OH)–C–C–N with tert-alkyl or cyclic N) is 1. The van der Waals surface area contributed by atoms with Crippen molar-refractivity contribution in [1.82, 2.24) is 41.4 Å². The molecule has 1 aromatic heterocycles. The van der Waals surface area contributed by atoms with Crippen LogP contribution in [-0.4, -0.2) is 146 Å². The van der Waals surface area contributed by atoms with Gasteiger partial charge in [0.05, 0.1) is 55.7 Å². The van der Waals surface area contributed by atoms with E-state index in [4.69, 9.17) is 17.3 Å². The van der Waals surface area contributed by atoms with E-state index < -0.39 is 122 Å². The first-order valence-electron chi connectivity index (χ1n) is 19.6. The number of carbonyl (C=O) groups is 8. The first-order valence-corrected chi connectivity index (χ1v) is 20.0. The Bertz CT molecular complexity index is 2300. The number of carbonyl (C=O) groups excluding carboxylic acids is 8. The van der Waals surface area contributed by atoms with E-state index in [1.54, 1.807) is 48.5 Å². The maximum atomic E-state index is 13.6. The largest absolute Gasteiger partial charge is 0.391 e. The van der Waals surface area contributed by atoms with Gasteiger partial charge >= 0.3 is 6.03 Å². The van der Waals surface area contributed by atoms with Crippen LogP contribution in [-0.2, 0) is 40.0 Å². The topological polar surface area (TPSA) is 324 Å². The van der Waals surface area contributed by atoms with Gasteiger partial charge in [0.1, 0.15) is 12.1 Å². The number of nitrogens with one attached hydrogen (secondary N) is 6. The number of nitrogens with zero attached hydrogens (tertiary/aromatic N) is 2. The molecule has 3 heterocycles. The lowest BCUT2D eigenvalue weighted by Gasteiger charge is -2.31. The molecule has 1 saturated heterocycles. The maximum Gasteiger partial charge on any atom is 0.323 e. The van der Waals surface area contributed by atoms with E-state index in [1.807, 2.05) is 0 Å². The van der Waals surface area contributed by atoms with Crippen LogP contribution in [0.25, 0.3) is 17.0 Å². The summed E-state index contributed by atoms with van der Waals surface area (Å²) in [6.45, 7) is -1.85. The number of likely N-dealkylation sites (N-methyl/N-ethyl adjacent to an activating group) is 1. The molecule has 0 bridgehead atoms. The van der Waals surface area contributed by atoms with Gasteiger partial charge in [0.2, 0.25) is 35.4 Å². The van der Waals surface area contributed by atoms with Crippen molar-refractivity contribution in [2.24, 2.45) is 5.73 Å². The lowest BCUT2D eigenvalue weighted by atomic mass is 9.96. The van der Waals surface area contributed by atoms with Crippen LogP contribution >= 0.6 is 11.6 Å². The molecule has 0 aliphatic carbocycles. The molecule has 8 amide bonds. The Morgan fingerprint density at radius 1 is 0.905 bits per heavy atom. The number of primary amides is 1. The van der Waals surface area contributed by atoms with Gasteiger partial charge in [-0.3, -0.25) is 38.1 Å². The lowest BCUT2D eigenvalue weighted by molar-refractivity contribution is -0.138. The normalized spacial score (nSPS) is 24.5. The summed E-state index contributed by atoms with van der Waals surface area (Å²) in [7, 11) is 1.24. The average Bonchev–Trinajstić information content (AvgIpc) is 3.77. The smallest absolute Gasteiger partial charge is 0.323 e. The third-order valence-electron chi connectivity index (χ3n) is 10.1. The molecular weight excluding hydrogens is 846 g/mol. The molecule has 2 aromatic carbocycles. The van der Waals surface area contributed by atoms with Gasteiger partial charge in [-0.2, -0.15) is 0 Å². The highest BCUT2D eigenvalue weighted by atomic mass is 35.5. The highest BCUT2D eigenvalue weighted by molar-refractivity contribution is 6.31. The molecule has 1 fully saturated rings. The number of aliphatic hydroxyl groups is 4. The Morgan fingerprint density at radius 3 is 2.35 bits per heavy atom. The molecule has 0 radical (unpaired) electrons. The molecule has 7 atom stereocenters. The van der Waals surface area contributed by atoms with Crippen molar-refractivity contribution >= 4 is 76.0 Å². The van der Waals surface area contributed by atoms with Crippen molar-refractivity contribution in [1.29, 1.82) is 0 Å². The summed E-state index contributed by atoms with van der Waals surface area (Å²) < 4.78 is 1.10. The molecule has 2 aliphatic heterocycles. The first kappa shape index (κ1) is 47.4. The molecule has 12 N–H and O–H groups in total. The van der Waals surface area contributed by atoms with Crippen molar-refractivity contribution < 1.29 is 58.8 Å². The molecule has 21 nitrogen and oxygen atoms in total. The Labute approximate surface area is 364 Å². The van der Waals surface area contributed by atoms with Crippen molar-refractivity contribution in [3.05, 3.63) is 88.7 Å². The number of fused-ring (bicyclic) bond motifs is 2. The zero-order chi connectivity index (χ0) is 46.0. The zero-order valence-corrected chi connectivity index (χ0v) is 34.6. The van der Waals surface area contributed by atoms with Crippen LogP contribution in [0, 0.1) is 0 Å². The fourth-order valence-electron chi connectivity index (χ4n) is 6.85. The minimum absolute atomic E-state index is 0.132. The SMILES string of the molecule is CN1CC(=O)NC(Cc2cn(C(N)=O)c3cc(Cl)ccc23)C(=O)NCC(=O)NCC(O)CC(=O)NC(C(O)C(O)C/C=C/c2ccccc2)C(O)C(=O)N[C@@H]2CC(=O)N/C2=C\C1=O. The van der Waals surface area contributed by atoms with E-state index in [2.05, 4.69) is 31.9 Å². The summed E-state index contributed by atoms with van der Waals surface area (Å²) in [5, 5.41) is 59.0. The van der Waals surface area contributed by atoms with Gasteiger partial charge in [-0.25, -0.2) is 4.79 Å². The predicted octanol–water partition coefficient (Wildman–Crippen LogP) is -2.74. The highest BCUT2D eigenvalue weighted by Crippen LogP contribution is 2.26. The van der Waals surface area contributed by atoms with Gasteiger partial charge in [-0.15, -0.1) is 0 Å². The second kappa shape index (κ2) is 21.4. The number of aromatic nitrogens is 1. The third-order valence-corrected chi connectivity index (χ3v) is 10.4. The minimum Gasteiger partial charge on any atom is -0.391 e. The van der Waals surface area contributed by atoms with E-state index in [9.17, 15) is 58.8 Å². The molecular formula is C41H48ClN9O12. The summed E-state index contributed by atoms with van der Waals surface area (Å²) in [5.41, 5.74) is 6.89. The number of benzene rings is 2. The number of nitrogens with two attached hydrogens (primary N) is 1. The van der Waals surface area contributed by atoms with Crippen LogP contribution < -0.4 is 37.6 Å². The number of aliphatic hydroxyl groups excluding tert-OH is 4. The quantitative estimate of drug-likeness (QED) is 0.115. The van der Waals surface area contributed by atoms with E-state index in [0.29, 0.717) is 16.5 Å². The summed E-state index contributed by atoms with van der Waals surface area (Å²) in [4.78, 5) is 105. The third kappa shape index (κ3) is 12.9. The molecule has 0 spiro atoms. The van der Waals surface area contributed by atoms with Crippen molar-refractivity contribution in [3.63, 3.8) is 0 Å². The fraction of sp³-hybridized carbons (Fsp3) is 0.366. The van der Waals surface area contributed by atoms with E-state index in [1.165, 1.54) is 25.4 Å². The molecule has 336 valence electrons. The van der Waals surface area contributed by atoms with Crippen LogP contribution in [0.5, 0.6) is 0 Å². The second-order valence-corrected chi connectivity index (χ2v) is 15.4. The van der Waals surface area contributed by atoms with Gasteiger partial charge in [-0.1, -0.05) is 60.2 Å². The zero-order valence-electron chi connectivity index (χ0n) is 33.8. The molecule has 22 heteroatoms. The second-order valence-electron chi connectivity index (χ2n) is 15.0. The predicted molar refractivity (Wildman–Crippen MR) is 225 cm³/mol. The van der Waals surface area contributed by atoms with Crippen molar-refractivity contribution in [3.8, 4) is 0 Å². The van der Waals surface area contributed by atoms with Gasteiger partial charge < -0.3 is 63.0 Å². The van der Waals surface area contributed by atoms with Crippen LogP contribution in [0.3, 0.4) is 0 Å². The van der Waals surface area contributed by atoms with Crippen molar-refractivity contribution in [2.45, 2.75) is 68.2 Å². The summed E-state index contributed by atoms with van der Waals surface area (Å²) in [6, 6.07) is 8.15. The van der Waals surface area contributed by atoms with Gasteiger partial charge in [0.15, 0.2) is 6.10 Å². The fourth-order valence-corrected chi connectivity index (χ4v) is 7.02. The maximum absolute atomic E-state index is 13.6. The lowest BCUT2D eigenvalue weighted by Crippen LogP contribution is -2.60. The minimum atomic E-state index is -2.27. The standard InChI is InChI=1S/C41H48ClN9O12/c1-50-20-34(57)47-28(12-22-19-51(41(43)63)29-13-23(42)10-11-25(22)29)39(61)45-18-33(56)44-17-24(52)14-31(54)49-36(37(59)30(53)9-5-8-21-6-3-2-4-7-21)38(60)40(62)48-26-15-32(55)46-27(26)16-35(50)58/h2-8,10-11,13,16,19,24,26,28,30,36-38,52-53,59-60H,9,12,14-15,17-18,20H2,1H3,(H2,43,63)(H,44,56)(H,45,61)(H,46,55)(H,47,57)(H,48,62)(H,49,54)/b8-5+,27-16-/t24?,26-,28?,30?,36?,37?,38?/m1/s1. The molecule has 6 unspecified atom stereocenters. The number of amides is 8. The molecule has 3 aromatic rings. The Hall–Kier alpha value is -6.65. The number of hydrogen-bond acceptors (Lipinski definition) is 12. The molecule has 63 heavy (non-hydrogen) atoms. The average molecular weight is 894 g/mol. The summed E-state index contributed by atoms with van der Waals surface area (Å²) in [5.74, 6) is -6.25. The highest BCUT2D eigenvalue weighted by Gasteiger charge is 2.39. The Balaban J connectivity index is 1.39. The van der Waals surface area contributed by atoms with Gasteiger partial charge in [0.25, 0.3) is 5.91 Å². The van der Waals surface area contributed by atoms with E-state index >= 15 is 0 Å². The van der Waals surface area contributed by atoms with E-state index in [-0.39, 0.29) is 23.6 Å². The van der Waals surface area contributed by atoms with Gasteiger partial charge in [0, 0.05) is 48.4 Å². The molecule has 0 saturated carbocycles. The van der Waals surface area contributed by atoms with E-state index in [0.717, 1.165) is 21.1 Å². The first-order chi connectivity index (χ1) is 29.9. The summed E-state index contributed by atoms with van der Waals surface area (Å²) >= 11 is 6.14. The van der Waals surface area contributed by atoms with Crippen LogP contribution in [0.2, 0.25) is 5.02 Å². The Kier molecular flexibility index (Phi) is 16.1. The summed E-state index contributed by atoms with van der Waals surface area (Å²) in [6.07, 6.45) is -3.59. The number of rotatable bonds is 7. The van der Waals surface area contributed by atoms with Crippen LogP contribution in [0.4, 0.5) is 4.79 Å². The van der Waals surface area contributed by atoms with Gasteiger partial charge in [-0.05, 0) is 29.7 Å². The number of hydrogen-bond donors (Lipinski definition) is 11. The Morgan fingerprint density at radius 2 is 1.63 bits per heavy atom. The molecule has 2 aliphatic rings. The number of halogens is 1.